The molecule has 0 aliphatic rings. The van der Waals surface area contributed by atoms with Gasteiger partial charge in [-0.1, -0.05) is 20.8 Å². The van der Waals surface area contributed by atoms with Gasteiger partial charge in [0.05, 0.1) is 12.0 Å². The third-order valence-electron chi connectivity index (χ3n) is 3.03. The maximum Gasteiger partial charge on any atom is 0.134 e. The van der Waals surface area contributed by atoms with Crippen molar-refractivity contribution in [3.63, 3.8) is 0 Å². The van der Waals surface area contributed by atoms with E-state index in [1.807, 2.05) is 11.3 Å². The Morgan fingerprint density at radius 1 is 1.24 bits per heavy atom. The molecule has 1 aromatic heterocycles. The van der Waals surface area contributed by atoms with E-state index in [1.165, 1.54) is 30.8 Å². The molecule has 1 rings (SSSR count). The van der Waals surface area contributed by atoms with Crippen LogP contribution in [0.3, 0.4) is 0 Å². The van der Waals surface area contributed by atoms with Crippen molar-refractivity contribution in [2.24, 2.45) is 0 Å². The summed E-state index contributed by atoms with van der Waals surface area (Å²) >= 11 is 1.82. The molecule has 0 radical (unpaired) electrons. The molecule has 0 saturated carbocycles. The first-order valence-electron chi connectivity index (χ1n) is 6.63. The first kappa shape index (κ1) is 14.5. The number of hydrogen-bond donors (Lipinski definition) is 0. The van der Waals surface area contributed by atoms with Crippen LogP contribution in [0.4, 0.5) is 0 Å². The van der Waals surface area contributed by atoms with Gasteiger partial charge in [0.1, 0.15) is 5.75 Å². The van der Waals surface area contributed by atoms with Crippen LogP contribution in [0.5, 0.6) is 5.75 Å². The predicted molar refractivity (Wildman–Crippen MR) is 76.1 cm³/mol. The molecule has 0 bridgehead atoms. The van der Waals surface area contributed by atoms with Gasteiger partial charge in [-0.3, -0.25) is 4.90 Å². The van der Waals surface area contributed by atoms with Gasteiger partial charge in [-0.15, -0.1) is 11.3 Å². The highest BCUT2D eigenvalue weighted by molar-refractivity contribution is 7.10. The summed E-state index contributed by atoms with van der Waals surface area (Å²) in [6.45, 7) is 9.12. The Labute approximate surface area is 110 Å². The van der Waals surface area contributed by atoms with Crippen LogP contribution in [0.1, 0.15) is 51.0 Å². The van der Waals surface area contributed by atoms with Gasteiger partial charge in [0.2, 0.25) is 0 Å². The molecule has 0 saturated heterocycles. The SMILES string of the molecule is CCCN(CCC)C(CC)c1sccc1OC. The lowest BCUT2D eigenvalue weighted by molar-refractivity contribution is 0.192. The number of thiophene rings is 1. The molecule has 0 amide bonds. The van der Waals surface area contributed by atoms with Crippen molar-refractivity contribution >= 4 is 11.3 Å². The zero-order valence-corrected chi connectivity index (χ0v) is 12.3. The fraction of sp³-hybridized carbons (Fsp3) is 0.714. The highest BCUT2D eigenvalue weighted by Crippen LogP contribution is 2.36. The third kappa shape index (κ3) is 3.71. The summed E-state index contributed by atoms with van der Waals surface area (Å²) in [5.74, 6) is 1.05. The van der Waals surface area contributed by atoms with E-state index in [1.54, 1.807) is 7.11 Å². The number of hydrogen-bond acceptors (Lipinski definition) is 3. The molecule has 2 nitrogen and oxygen atoms in total. The monoisotopic (exact) mass is 255 g/mol. The zero-order valence-electron chi connectivity index (χ0n) is 11.5. The zero-order chi connectivity index (χ0) is 12.7. The molecule has 1 atom stereocenters. The maximum atomic E-state index is 5.46. The fourth-order valence-corrected chi connectivity index (χ4v) is 3.41. The number of ether oxygens (including phenoxy) is 1. The summed E-state index contributed by atoms with van der Waals surface area (Å²) in [5, 5.41) is 2.13. The van der Waals surface area contributed by atoms with E-state index in [2.05, 4.69) is 37.1 Å². The lowest BCUT2D eigenvalue weighted by atomic mass is 10.1. The highest BCUT2D eigenvalue weighted by Gasteiger charge is 2.21. The molecule has 98 valence electrons. The molecule has 0 fully saturated rings. The van der Waals surface area contributed by atoms with Crippen molar-refractivity contribution in [3.05, 3.63) is 16.3 Å². The largest absolute Gasteiger partial charge is 0.496 e. The minimum atomic E-state index is 0.518. The summed E-state index contributed by atoms with van der Waals surface area (Å²) in [5.41, 5.74) is 0. The Morgan fingerprint density at radius 3 is 2.35 bits per heavy atom. The van der Waals surface area contributed by atoms with Gasteiger partial charge >= 0.3 is 0 Å². The average Bonchev–Trinajstić information content (AvgIpc) is 2.79. The van der Waals surface area contributed by atoms with Crippen molar-refractivity contribution in [1.29, 1.82) is 0 Å². The van der Waals surface area contributed by atoms with Gasteiger partial charge in [-0.2, -0.15) is 0 Å². The van der Waals surface area contributed by atoms with Gasteiger partial charge in [0, 0.05) is 6.04 Å². The van der Waals surface area contributed by atoms with E-state index < -0.39 is 0 Å². The molecule has 1 unspecified atom stereocenters. The molecule has 0 aliphatic heterocycles. The van der Waals surface area contributed by atoms with E-state index in [0.717, 1.165) is 12.2 Å². The van der Waals surface area contributed by atoms with Crippen LogP contribution in [-0.2, 0) is 0 Å². The molecular weight excluding hydrogens is 230 g/mol. The van der Waals surface area contributed by atoms with Crippen LogP contribution in [0.25, 0.3) is 0 Å². The summed E-state index contributed by atoms with van der Waals surface area (Å²) in [7, 11) is 1.77. The van der Waals surface area contributed by atoms with E-state index in [0.29, 0.717) is 6.04 Å². The number of rotatable bonds is 8. The second-order valence-electron chi connectivity index (χ2n) is 4.31. The molecule has 0 aliphatic carbocycles. The minimum Gasteiger partial charge on any atom is -0.496 e. The smallest absolute Gasteiger partial charge is 0.134 e. The Bertz CT molecular complexity index is 305. The minimum absolute atomic E-state index is 0.518. The summed E-state index contributed by atoms with van der Waals surface area (Å²) in [6.07, 6.45) is 3.57. The maximum absolute atomic E-state index is 5.46. The average molecular weight is 255 g/mol. The van der Waals surface area contributed by atoms with Crippen molar-refractivity contribution in [3.8, 4) is 5.75 Å². The van der Waals surface area contributed by atoms with Gasteiger partial charge in [0.15, 0.2) is 0 Å². The van der Waals surface area contributed by atoms with Crippen LogP contribution in [0.15, 0.2) is 11.4 Å². The summed E-state index contributed by atoms with van der Waals surface area (Å²) in [4.78, 5) is 3.98. The van der Waals surface area contributed by atoms with E-state index >= 15 is 0 Å². The molecule has 1 aromatic rings. The highest BCUT2D eigenvalue weighted by atomic mass is 32.1. The van der Waals surface area contributed by atoms with Crippen LogP contribution < -0.4 is 4.74 Å². The van der Waals surface area contributed by atoms with Gasteiger partial charge < -0.3 is 4.74 Å². The molecule has 1 heterocycles. The van der Waals surface area contributed by atoms with E-state index in [4.69, 9.17) is 4.74 Å². The lowest BCUT2D eigenvalue weighted by Crippen LogP contribution is -2.29. The second kappa shape index (κ2) is 7.72. The van der Waals surface area contributed by atoms with Crippen molar-refractivity contribution in [2.75, 3.05) is 20.2 Å². The Kier molecular flexibility index (Phi) is 6.60. The Hall–Kier alpha value is -0.540. The number of nitrogens with zero attached hydrogens (tertiary/aromatic N) is 1. The van der Waals surface area contributed by atoms with Gasteiger partial charge in [0.25, 0.3) is 0 Å². The first-order chi connectivity index (χ1) is 8.28. The topological polar surface area (TPSA) is 12.5 Å². The van der Waals surface area contributed by atoms with Crippen LogP contribution >= 0.6 is 11.3 Å². The normalized spacial score (nSPS) is 13.0. The van der Waals surface area contributed by atoms with Gasteiger partial charge in [-0.25, -0.2) is 0 Å². The summed E-state index contributed by atoms with van der Waals surface area (Å²) in [6, 6.07) is 2.60. The third-order valence-corrected chi connectivity index (χ3v) is 4.03. The molecule has 0 aromatic carbocycles. The van der Waals surface area contributed by atoms with Crippen LogP contribution in [-0.4, -0.2) is 25.1 Å². The lowest BCUT2D eigenvalue weighted by Gasteiger charge is -2.30. The summed E-state index contributed by atoms with van der Waals surface area (Å²) < 4.78 is 5.46. The van der Waals surface area contributed by atoms with E-state index in [9.17, 15) is 0 Å². The number of methoxy groups -OCH3 is 1. The quantitative estimate of drug-likeness (QED) is 0.685. The van der Waals surface area contributed by atoms with Crippen LogP contribution in [0, 0.1) is 0 Å². The van der Waals surface area contributed by atoms with Crippen molar-refractivity contribution in [2.45, 2.75) is 46.1 Å². The molecule has 3 heteroatoms. The predicted octanol–water partition coefficient (Wildman–Crippen LogP) is 4.33. The first-order valence-corrected chi connectivity index (χ1v) is 7.51. The van der Waals surface area contributed by atoms with E-state index in [-0.39, 0.29) is 0 Å². The molecule has 0 N–H and O–H groups in total. The Morgan fingerprint density at radius 2 is 1.88 bits per heavy atom. The molecule has 17 heavy (non-hydrogen) atoms. The fourth-order valence-electron chi connectivity index (χ4n) is 2.33. The standard InChI is InChI=1S/C14H25NOS/c1-5-9-15(10-6-2)12(7-3)14-13(16-4)8-11-17-14/h8,11-12H,5-7,9-10H2,1-4H3. The van der Waals surface area contributed by atoms with Gasteiger partial charge in [-0.05, 0) is 43.8 Å². The molecule has 0 spiro atoms. The van der Waals surface area contributed by atoms with Crippen LogP contribution in [0.2, 0.25) is 0 Å². The second-order valence-corrected chi connectivity index (χ2v) is 5.26. The van der Waals surface area contributed by atoms with Crippen molar-refractivity contribution in [1.82, 2.24) is 4.90 Å². The molecular formula is C14H25NOS. The van der Waals surface area contributed by atoms with Crippen molar-refractivity contribution < 1.29 is 4.74 Å². The Balaban J connectivity index is 2.87.